The molecule has 0 atom stereocenters. The van der Waals surface area contributed by atoms with Crippen LogP contribution >= 0.6 is 15.9 Å². The van der Waals surface area contributed by atoms with Crippen LogP contribution in [0.3, 0.4) is 0 Å². The molecule has 0 fully saturated rings. The number of nitrogens with one attached hydrogen (secondary N) is 1. The van der Waals surface area contributed by atoms with Crippen molar-refractivity contribution < 1.29 is 14.3 Å². The molecular weight excluding hydrogens is 406 g/mol. The summed E-state index contributed by atoms with van der Waals surface area (Å²) in [6.07, 6.45) is 0. The maximum Gasteiger partial charge on any atom is 0.252 e. The third kappa shape index (κ3) is 4.31. The van der Waals surface area contributed by atoms with E-state index in [0.29, 0.717) is 21.5 Å². The molecule has 0 unspecified atom stereocenters. The Balaban J connectivity index is 1.96. The van der Waals surface area contributed by atoms with Crippen LogP contribution in [0.1, 0.15) is 27.5 Å². The Labute approximate surface area is 167 Å². The van der Waals surface area contributed by atoms with Crippen LogP contribution in [-0.2, 0) is 0 Å². The fraction of sp³-hybridized carbons (Fsp3) is 0.136. The number of amides is 1. The molecule has 0 radical (unpaired) electrons. The Hall–Kier alpha value is -2.79. The summed E-state index contributed by atoms with van der Waals surface area (Å²) in [4.78, 5) is 13.0. The highest BCUT2D eigenvalue weighted by atomic mass is 79.9. The van der Waals surface area contributed by atoms with Gasteiger partial charge in [0.1, 0.15) is 16.0 Å². The number of carbonyl (C=O) groups excluding carboxylic acids is 1. The average molecular weight is 426 g/mol. The van der Waals surface area contributed by atoms with E-state index in [2.05, 4.69) is 21.2 Å². The van der Waals surface area contributed by atoms with Crippen LogP contribution in [0.25, 0.3) is 0 Å². The second-order valence-electron chi connectivity index (χ2n) is 5.92. The van der Waals surface area contributed by atoms with Crippen LogP contribution in [0, 0.1) is 0 Å². The lowest BCUT2D eigenvalue weighted by atomic mass is 9.98. The predicted molar refractivity (Wildman–Crippen MR) is 109 cm³/mol. The minimum absolute atomic E-state index is 0.211. The van der Waals surface area contributed by atoms with Crippen molar-refractivity contribution in [2.75, 3.05) is 14.2 Å². The minimum atomic E-state index is -0.263. The van der Waals surface area contributed by atoms with E-state index in [1.165, 1.54) is 0 Å². The summed E-state index contributed by atoms with van der Waals surface area (Å²) < 4.78 is 11.4. The van der Waals surface area contributed by atoms with Crippen molar-refractivity contribution in [1.29, 1.82) is 0 Å². The number of halogens is 1. The van der Waals surface area contributed by atoms with Gasteiger partial charge < -0.3 is 14.8 Å². The number of carbonyl (C=O) groups is 1. The van der Waals surface area contributed by atoms with Gasteiger partial charge in [-0.25, -0.2) is 0 Å². The van der Waals surface area contributed by atoms with Crippen molar-refractivity contribution in [1.82, 2.24) is 5.32 Å². The van der Waals surface area contributed by atoms with E-state index in [0.717, 1.165) is 11.1 Å². The van der Waals surface area contributed by atoms with Gasteiger partial charge in [-0.2, -0.15) is 0 Å². The highest BCUT2D eigenvalue weighted by Crippen LogP contribution is 2.36. The van der Waals surface area contributed by atoms with E-state index in [4.69, 9.17) is 9.47 Å². The van der Waals surface area contributed by atoms with E-state index in [9.17, 15) is 4.79 Å². The zero-order valence-corrected chi connectivity index (χ0v) is 16.7. The standard InChI is InChI=1S/C22H20BrNO3/c1-26-18-13-17(14-19(27-2)20(18)23)22(25)24-21(15-9-5-3-6-10-15)16-11-7-4-8-12-16/h3-14,21H,1-2H3,(H,24,25). The van der Waals surface area contributed by atoms with Crippen LogP contribution < -0.4 is 14.8 Å². The molecule has 0 aliphatic heterocycles. The van der Waals surface area contributed by atoms with Gasteiger partial charge in [0.25, 0.3) is 5.91 Å². The van der Waals surface area contributed by atoms with E-state index < -0.39 is 0 Å². The van der Waals surface area contributed by atoms with Crippen molar-refractivity contribution in [3.63, 3.8) is 0 Å². The van der Waals surface area contributed by atoms with Gasteiger partial charge in [0, 0.05) is 5.56 Å². The highest BCUT2D eigenvalue weighted by molar-refractivity contribution is 9.10. The Bertz CT molecular complexity index is 849. The summed E-state index contributed by atoms with van der Waals surface area (Å²) in [6.45, 7) is 0. The number of benzene rings is 3. The molecule has 0 heterocycles. The molecule has 3 rings (SSSR count). The van der Waals surface area contributed by atoms with Gasteiger partial charge in [-0.15, -0.1) is 0 Å². The number of hydrogen-bond donors (Lipinski definition) is 1. The maximum absolute atomic E-state index is 13.0. The van der Waals surface area contributed by atoms with Crippen molar-refractivity contribution in [2.45, 2.75) is 6.04 Å². The molecule has 0 spiro atoms. The molecule has 0 aromatic heterocycles. The molecule has 138 valence electrons. The molecule has 0 aliphatic carbocycles. The van der Waals surface area contributed by atoms with Gasteiger partial charge in [-0.3, -0.25) is 4.79 Å². The normalized spacial score (nSPS) is 10.5. The third-order valence-corrected chi connectivity index (χ3v) is 5.03. The second-order valence-corrected chi connectivity index (χ2v) is 6.72. The summed E-state index contributed by atoms with van der Waals surface area (Å²) in [7, 11) is 3.11. The van der Waals surface area contributed by atoms with Crippen LogP contribution in [-0.4, -0.2) is 20.1 Å². The Kier molecular flexibility index (Phi) is 6.14. The molecule has 0 aliphatic rings. The Morgan fingerprint density at radius 1 is 0.852 bits per heavy atom. The van der Waals surface area contributed by atoms with Gasteiger partial charge in [0.05, 0.1) is 20.3 Å². The summed E-state index contributed by atoms with van der Waals surface area (Å²) in [5.41, 5.74) is 2.48. The zero-order chi connectivity index (χ0) is 19.2. The predicted octanol–water partition coefficient (Wildman–Crippen LogP) is 4.99. The van der Waals surface area contributed by atoms with E-state index in [1.807, 2.05) is 60.7 Å². The topological polar surface area (TPSA) is 47.6 Å². The smallest absolute Gasteiger partial charge is 0.252 e. The zero-order valence-electron chi connectivity index (χ0n) is 15.1. The van der Waals surface area contributed by atoms with Crippen molar-refractivity contribution >= 4 is 21.8 Å². The summed E-state index contributed by atoms with van der Waals surface area (Å²) >= 11 is 3.43. The average Bonchev–Trinajstić information content (AvgIpc) is 2.73. The lowest BCUT2D eigenvalue weighted by molar-refractivity contribution is 0.0942. The largest absolute Gasteiger partial charge is 0.495 e. The number of rotatable bonds is 6. The van der Waals surface area contributed by atoms with Crippen molar-refractivity contribution in [2.24, 2.45) is 0 Å². The quantitative estimate of drug-likeness (QED) is 0.605. The molecule has 4 nitrogen and oxygen atoms in total. The Morgan fingerprint density at radius 2 is 1.30 bits per heavy atom. The minimum Gasteiger partial charge on any atom is -0.495 e. The molecule has 0 saturated heterocycles. The number of ether oxygens (including phenoxy) is 2. The molecule has 0 bridgehead atoms. The fourth-order valence-corrected chi connectivity index (χ4v) is 3.42. The van der Waals surface area contributed by atoms with Crippen molar-refractivity contribution in [3.05, 3.63) is 94.0 Å². The first-order valence-electron chi connectivity index (χ1n) is 8.46. The number of methoxy groups -OCH3 is 2. The van der Waals surface area contributed by atoms with E-state index in [1.54, 1.807) is 26.4 Å². The van der Waals surface area contributed by atoms with Crippen LogP contribution in [0.2, 0.25) is 0 Å². The second kappa shape index (κ2) is 8.73. The van der Waals surface area contributed by atoms with Gasteiger partial charge in [-0.1, -0.05) is 60.7 Å². The Morgan fingerprint density at radius 3 is 1.70 bits per heavy atom. The molecular formula is C22H20BrNO3. The number of hydrogen-bond acceptors (Lipinski definition) is 3. The van der Waals surface area contributed by atoms with E-state index >= 15 is 0 Å². The third-order valence-electron chi connectivity index (χ3n) is 4.25. The molecule has 3 aromatic rings. The summed E-state index contributed by atoms with van der Waals surface area (Å²) in [5.74, 6) is 0.864. The van der Waals surface area contributed by atoms with Crippen molar-refractivity contribution in [3.8, 4) is 11.5 Å². The van der Waals surface area contributed by atoms with Crippen LogP contribution in [0.5, 0.6) is 11.5 Å². The first-order chi connectivity index (χ1) is 13.1. The first kappa shape index (κ1) is 19.0. The molecule has 0 saturated carbocycles. The summed E-state index contributed by atoms with van der Waals surface area (Å²) in [6, 6.07) is 22.9. The van der Waals surface area contributed by atoms with E-state index in [-0.39, 0.29) is 11.9 Å². The lowest BCUT2D eigenvalue weighted by Crippen LogP contribution is -2.29. The van der Waals surface area contributed by atoms with Crippen LogP contribution in [0.4, 0.5) is 0 Å². The first-order valence-corrected chi connectivity index (χ1v) is 9.25. The summed E-state index contributed by atoms with van der Waals surface area (Å²) in [5, 5.41) is 3.12. The van der Waals surface area contributed by atoms with Gasteiger partial charge in [0.15, 0.2) is 0 Å². The molecule has 27 heavy (non-hydrogen) atoms. The SMILES string of the molecule is COc1cc(C(=O)NC(c2ccccc2)c2ccccc2)cc(OC)c1Br. The highest BCUT2D eigenvalue weighted by Gasteiger charge is 2.20. The molecule has 1 N–H and O–H groups in total. The monoisotopic (exact) mass is 425 g/mol. The van der Waals surface area contributed by atoms with Gasteiger partial charge >= 0.3 is 0 Å². The van der Waals surface area contributed by atoms with Gasteiger partial charge in [0.2, 0.25) is 0 Å². The fourth-order valence-electron chi connectivity index (χ4n) is 2.86. The van der Waals surface area contributed by atoms with Crippen LogP contribution in [0.15, 0.2) is 77.3 Å². The molecule has 5 heteroatoms. The molecule has 1 amide bonds. The lowest BCUT2D eigenvalue weighted by Gasteiger charge is -2.20. The van der Waals surface area contributed by atoms with Gasteiger partial charge in [-0.05, 0) is 39.2 Å². The maximum atomic E-state index is 13.0. The molecule has 3 aromatic carbocycles.